The Balaban J connectivity index is 1.54. The average Bonchev–Trinajstić information content (AvgIpc) is 3.46. The van der Waals surface area contributed by atoms with Crippen molar-refractivity contribution in [3.05, 3.63) is 59.4 Å². The number of imidazole rings is 1. The maximum atomic E-state index is 14.4. The standard InChI is InChI=1S/C19H14FN7O/c20-15-1-2-17-12(4-6-28-17)13(15)8-22-19-23-9-14(16-3-5-24-26-16)18-25-11(7-21)10-27(18)19/h1-3,5,9-10H,4,6,8H2,(H,22,23)(H,24,26). The topological polar surface area (TPSA) is 104 Å². The molecule has 4 aromatic rings. The maximum absolute atomic E-state index is 14.4. The number of hydrogen-bond acceptors (Lipinski definition) is 6. The molecule has 1 aliphatic rings. The Hall–Kier alpha value is -3.93. The zero-order chi connectivity index (χ0) is 19.1. The Morgan fingerprint density at radius 3 is 3.11 bits per heavy atom. The van der Waals surface area contributed by atoms with Gasteiger partial charge in [0, 0.05) is 36.5 Å². The van der Waals surface area contributed by atoms with Gasteiger partial charge in [-0.25, -0.2) is 14.4 Å². The molecule has 9 heteroatoms. The molecule has 0 aliphatic carbocycles. The third kappa shape index (κ3) is 2.54. The first-order chi connectivity index (χ1) is 13.7. The highest BCUT2D eigenvalue weighted by atomic mass is 19.1. The number of benzene rings is 1. The summed E-state index contributed by atoms with van der Waals surface area (Å²) in [5, 5.41) is 19.2. The number of nitrogens with zero attached hydrogens (tertiary/aromatic N) is 5. The summed E-state index contributed by atoms with van der Waals surface area (Å²) in [6, 6.07) is 6.91. The van der Waals surface area contributed by atoms with Gasteiger partial charge in [0.05, 0.1) is 24.1 Å². The van der Waals surface area contributed by atoms with Crippen LogP contribution in [0.15, 0.2) is 36.8 Å². The predicted molar refractivity (Wildman–Crippen MR) is 98.2 cm³/mol. The predicted octanol–water partition coefficient (Wildman–Crippen LogP) is 2.68. The second kappa shape index (κ2) is 6.35. The third-order valence-electron chi connectivity index (χ3n) is 4.76. The minimum absolute atomic E-state index is 0.240. The number of aromatic amines is 1. The number of H-pyrrole nitrogens is 1. The van der Waals surface area contributed by atoms with Crippen molar-refractivity contribution >= 4 is 11.6 Å². The van der Waals surface area contributed by atoms with Gasteiger partial charge in [-0.3, -0.25) is 9.50 Å². The quantitative estimate of drug-likeness (QED) is 0.568. The molecule has 0 fully saturated rings. The van der Waals surface area contributed by atoms with Crippen molar-refractivity contribution in [2.45, 2.75) is 13.0 Å². The molecule has 1 aliphatic heterocycles. The van der Waals surface area contributed by atoms with Crippen LogP contribution in [0.5, 0.6) is 5.75 Å². The van der Waals surface area contributed by atoms with Crippen LogP contribution in [0.4, 0.5) is 10.3 Å². The van der Waals surface area contributed by atoms with Gasteiger partial charge in [-0.1, -0.05) is 0 Å². The van der Waals surface area contributed by atoms with E-state index in [0.717, 1.165) is 17.0 Å². The summed E-state index contributed by atoms with van der Waals surface area (Å²) >= 11 is 0. The Bertz CT molecular complexity index is 1220. The average molecular weight is 375 g/mol. The number of ether oxygens (including phenoxy) is 1. The Morgan fingerprint density at radius 2 is 2.29 bits per heavy atom. The van der Waals surface area contributed by atoms with Gasteiger partial charge in [0.25, 0.3) is 0 Å². The summed E-state index contributed by atoms with van der Waals surface area (Å²) in [5.41, 5.74) is 3.70. The van der Waals surface area contributed by atoms with E-state index in [-0.39, 0.29) is 18.1 Å². The van der Waals surface area contributed by atoms with Crippen molar-refractivity contribution in [3.8, 4) is 23.1 Å². The van der Waals surface area contributed by atoms with Crippen LogP contribution < -0.4 is 10.1 Å². The number of hydrogen-bond donors (Lipinski definition) is 2. The number of fused-ring (bicyclic) bond motifs is 2. The summed E-state index contributed by atoms with van der Waals surface area (Å²) in [4.78, 5) is 8.81. The minimum Gasteiger partial charge on any atom is -0.493 e. The second-order valence-electron chi connectivity index (χ2n) is 6.35. The van der Waals surface area contributed by atoms with Crippen LogP contribution in [0.25, 0.3) is 16.9 Å². The number of nitrogens with one attached hydrogen (secondary N) is 2. The van der Waals surface area contributed by atoms with Gasteiger partial charge in [0.2, 0.25) is 5.95 Å². The van der Waals surface area contributed by atoms with Crippen LogP contribution in [0.2, 0.25) is 0 Å². The zero-order valence-electron chi connectivity index (χ0n) is 14.6. The van der Waals surface area contributed by atoms with Crippen molar-refractivity contribution < 1.29 is 9.13 Å². The first kappa shape index (κ1) is 16.3. The molecule has 1 aromatic carbocycles. The van der Waals surface area contributed by atoms with Crippen molar-refractivity contribution in [2.75, 3.05) is 11.9 Å². The third-order valence-corrected chi connectivity index (χ3v) is 4.76. The van der Waals surface area contributed by atoms with Crippen molar-refractivity contribution in [3.63, 3.8) is 0 Å². The normalized spacial score (nSPS) is 12.6. The van der Waals surface area contributed by atoms with E-state index in [1.807, 2.05) is 6.07 Å². The number of aromatic nitrogens is 5. The van der Waals surface area contributed by atoms with Gasteiger partial charge in [-0.05, 0) is 18.2 Å². The molecule has 5 rings (SSSR count). The molecule has 4 heterocycles. The van der Waals surface area contributed by atoms with E-state index in [4.69, 9.17) is 4.74 Å². The van der Waals surface area contributed by atoms with E-state index >= 15 is 0 Å². The van der Waals surface area contributed by atoms with E-state index in [1.165, 1.54) is 6.07 Å². The number of anilines is 1. The highest BCUT2D eigenvalue weighted by Gasteiger charge is 2.20. The smallest absolute Gasteiger partial charge is 0.208 e. The summed E-state index contributed by atoms with van der Waals surface area (Å²) in [7, 11) is 0. The van der Waals surface area contributed by atoms with Crippen LogP contribution in [0, 0.1) is 17.1 Å². The molecule has 0 saturated carbocycles. The fourth-order valence-electron chi connectivity index (χ4n) is 3.43. The lowest BCUT2D eigenvalue weighted by molar-refractivity contribution is 0.356. The van der Waals surface area contributed by atoms with Gasteiger partial charge in [0.1, 0.15) is 17.6 Å². The molecule has 0 spiro atoms. The monoisotopic (exact) mass is 375 g/mol. The molecule has 0 atom stereocenters. The molecule has 8 nitrogen and oxygen atoms in total. The molecule has 0 bridgehead atoms. The van der Waals surface area contributed by atoms with Crippen molar-refractivity contribution in [1.82, 2.24) is 24.6 Å². The minimum atomic E-state index is -0.287. The summed E-state index contributed by atoms with van der Waals surface area (Å²) in [6.07, 6.45) is 5.55. The van der Waals surface area contributed by atoms with E-state index in [0.29, 0.717) is 35.8 Å². The fraction of sp³-hybridized carbons (Fsp3) is 0.158. The van der Waals surface area contributed by atoms with Crippen molar-refractivity contribution in [2.24, 2.45) is 0 Å². The van der Waals surface area contributed by atoms with Gasteiger partial charge in [-0.2, -0.15) is 10.4 Å². The Labute approximate surface area is 158 Å². The highest BCUT2D eigenvalue weighted by molar-refractivity contribution is 5.76. The first-order valence-corrected chi connectivity index (χ1v) is 8.69. The molecule has 0 radical (unpaired) electrons. The van der Waals surface area contributed by atoms with Crippen molar-refractivity contribution in [1.29, 1.82) is 5.26 Å². The zero-order valence-corrected chi connectivity index (χ0v) is 14.6. The molecule has 138 valence electrons. The number of nitriles is 1. The molecule has 0 amide bonds. The molecular formula is C19H14FN7O. The summed E-state index contributed by atoms with van der Waals surface area (Å²) in [6.45, 7) is 0.796. The summed E-state index contributed by atoms with van der Waals surface area (Å²) < 4.78 is 21.6. The summed E-state index contributed by atoms with van der Waals surface area (Å²) in [5.74, 6) is 0.897. The van der Waals surface area contributed by atoms with Gasteiger partial charge >= 0.3 is 0 Å². The molecule has 28 heavy (non-hydrogen) atoms. The van der Waals surface area contributed by atoms with E-state index < -0.39 is 0 Å². The van der Waals surface area contributed by atoms with E-state index in [9.17, 15) is 9.65 Å². The molecular weight excluding hydrogens is 361 g/mol. The Kier molecular flexibility index (Phi) is 3.69. The molecule has 3 aromatic heterocycles. The molecule has 2 N–H and O–H groups in total. The highest BCUT2D eigenvalue weighted by Crippen LogP contribution is 2.31. The lowest BCUT2D eigenvalue weighted by atomic mass is 10.0. The number of halogens is 1. The first-order valence-electron chi connectivity index (χ1n) is 8.69. The fourth-order valence-corrected chi connectivity index (χ4v) is 3.43. The number of rotatable bonds is 4. The van der Waals surface area contributed by atoms with Gasteiger partial charge in [0.15, 0.2) is 11.3 Å². The van der Waals surface area contributed by atoms with Gasteiger partial charge in [-0.15, -0.1) is 0 Å². The maximum Gasteiger partial charge on any atom is 0.208 e. The van der Waals surface area contributed by atoms with E-state index in [1.54, 1.807) is 35.1 Å². The van der Waals surface area contributed by atoms with Crippen LogP contribution in [0.1, 0.15) is 16.8 Å². The van der Waals surface area contributed by atoms with Crippen LogP contribution in [-0.2, 0) is 13.0 Å². The molecule has 0 unspecified atom stereocenters. The van der Waals surface area contributed by atoms with Gasteiger partial charge < -0.3 is 10.1 Å². The van der Waals surface area contributed by atoms with Crippen LogP contribution in [0.3, 0.4) is 0 Å². The van der Waals surface area contributed by atoms with Crippen LogP contribution >= 0.6 is 0 Å². The second-order valence-corrected chi connectivity index (χ2v) is 6.35. The largest absolute Gasteiger partial charge is 0.493 e. The lowest BCUT2D eigenvalue weighted by Gasteiger charge is -2.12. The van der Waals surface area contributed by atoms with Crippen LogP contribution in [-0.4, -0.2) is 31.2 Å². The molecule has 0 saturated heterocycles. The van der Waals surface area contributed by atoms with E-state index in [2.05, 4.69) is 25.5 Å². The SMILES string of the molecule is N#Cc1cn2c(NCc3c(F)ccc4c3CCO4)ncc(-c3ccn[nH]3)c2n1. The Morgan fingerprint density at radius 1 is 1.36 bits per heavy atom. The lowest BCUT2D eigenvalue weighted by Crippen LogP contribution is -2.09.